The Balaban J connectivity index is 2.15. The summed E-state index contributed by atoms with van der Waals surface area (Å²) in [5.74, 6) is 0.864. The number of aromatic nitrogens is 2. The zero-order valence-electron chi connectivity index (χ0n) is 11.4. The second-order valence-corrected chi connectivity index (χ2v) is 5.32. The Morgan fingerprint density at radius 1 is 1.00 bits per heavy atom. The molecule has 0 fully saturated rings. The van der Waals surface area contributed by atoms with Gasteiger partial charge in [-0.1, -0.05) is 48.5 Å². The Morgan fingerprint density at radius 2 is 1.67 bits per heavy atom. The quantitative estimate of drug-likeness (QED) is 0.804. The standard InChI is InChI=1S/C16H15N3OS/c20-12-11-17-16-18-15(13-7-3-1-4-8-13)19(21-16)14-9-5-2-6-10-14/h1-10,20H,11-12H2/b17-16-. The summed E-state index contributed by atoms with van der Waals surface area (Å²) in [4.78, 5) is 9.56. The van der Waals surface area contributed by atoms with Crippen LogP contribution in [0.1, 0.15) is 0 Å². The van der Waals surface area contributed by atoms with Crippen LogP contribution in [0.3, 0.4) is 0 Å². The van der Waals surface area contributed by atoms with Gasteiger partial charge < -0.3 is 5.11 Å². The number of rotatable bonds is 4. The summed E-state index contributed by atoms with van der Waals surface area (Å²) in [7, 11) is 0. The summed E-state index contributed by atoms with van der Waals surface area (Å²) in [6.45, 7) is 0.405. The number of nitrogens with zero attached hydrogens (tertiary/aromatic N) is 3. The Bertz CT molecular complexity index is 703. The molecule has 3 aromatic rings. The highest BCUT2D eigenvalue weighted by atomic mass is 32.1. The maximum Gasteiger partial charge on any atom is 0.223 e. The first-order chi connectivity index (χ1) is 10.4. The molecule has 5 heteroatoms. The Hall–Kier alpha value is -2.24. The van der Waals surface area contributed by atoms with E-state index >= 15 is 0 Å². The van der Waals surface area contributed by atoms with Crippen LogP contribution >= 0.6 is 11.5 Å². The van der Waals surface area contributed by atoms with Gasteiger partial charge in [0.25, 0.3) is 0 Å². The summed E-state index contributed by atoms with van der Waals surface area (Å²) in [5, 5.41) is 8.91. The molecule has 106 valence electrons. The molecule has 1 heterocycles. The highest BCUT2D eigenvalue weighted by Gasteiger charge is 2.10. The molecule has 0 bridgehead atoms. The molecule has 21 heavy (non-hydrogen) atoms. The monoisotopic (exact) mass is 297 g/mol. The van der Waals surface area contributed by atoms with Gasteiger partial charge in [-0.25, -0.2) is 3.96 Å². The third-order valence-electron chi connectivity index (χ3n) is 2.94. The van der Waals surface area contributed by atoms with Gasteiger partial charge in [0.05, 0.1) is 18.8 Å². The number of aliphatic hydroxyl groups is 1. The van der Waals surface area contributed by atoms with E-state index in [0.29, 0.717) is 11.3 Å². The van der Waals surface area contributed by atoms with Crippen molar-refractivity contribution < 1.29 is 5.11 Å². The Kier molecular flexibility index (Phi) is 4.23. The lowest BCUT2D eigenvalue weighted by atomic mass is 10.2. The largest absolute Gasteiger partial charge is 0.394 e. The zero-order valence-corrected chi connectivity index (χ0v) is 12.2. The lowest BCUT2D eigenvalue weighted by Crippen LogP contribution is -2.01. The summed E-state index contributed by atoms with van der Waals surface area (Å²) in [6, 6.07) is 20.1. The van der Waals surface area contributed by atoms with Crippen molar-refractivity contribution in [2.45, 2.75) is 0 Å². The first-order valence-corrected chi connectivity index (χ1v) is 7.48. The van der Waals surface area contributed by atoms with Crippen LogP contribution in [0.5, 0.6) is 0 Å². The fourth-order valence-electron chi connectivity index (χ4n) is 2.00. The fraction of sp³-hybridized carbons (Fsp3) is 0.125. The summed E-state index contributed by atoms with van der Waals surface area (Å²) < 4.78 is 2.06. The molecule has 0 unspecified atom stereocenters. The third-order valence-corrected chi connectivity index (χ3v) is 3.89. The van der Waals surface area contributed by atoms with E-state index in [0.717, 1.165) is 17.1 Å². The normalized spacial score (nSPS) is 11.8. The van der Waals surface area contributed by atoms with Crippen molar-refractivity contribution in [2.75, 3.05) is 13.2 Å². The number of para-hydroxylation sites is 1. The average molecular weight is 297 g/mol. The van der Waals surface area contributed by atoms with Crippen LogP contribution in [0.2, 0.25) is 0 Å². The topological polar surface area (TPSA) is 50.4 Å². The van der Waals surface area contributed by atoms with Gasteiger partial charge in [-0.2, -0.15) is 4.98 Å². The van der Waals surface area contributed by atoms with E-state index in [-0.39, 0.29) is 6.61 Å². The molecule has 3 rings (SSSR count). The number of benzene rings is 2. The molecule has 0 amide bonds. The second kappa shape index (κ2) is 6.47. The van der Waals surface area contributed by atoms with Gasteiger partial charge >= 0.3 is 0 Å². The van der Waals surface area contributed by atoms with Crippen LogP contribution in [-0.4, -0.2) is 27.2 Å². The molecular weight excluding hydrogens is 282 g/mol. The van der Waals surface area contributed by atoms with Crippen LogP contribution in [0, 0.1) is 0 Å². The Labute approximate surface area is 126 Å². The number of aliphatic hydroxyl groups excluding tert-OH is 1. The molecule has 0 saturated carbocycles. The van der Waals surface area contributed by atoms with Crippen LogP contribution < -0.4 is 4.80 Å². The van der Waals surface area contributed by atoms with Gasteiger partial charge in [0.1, 0.15) is 0 Å². The van der Waals surface area contributed by atoms with E-state index < -0.39 is 0 Å². The summed E-state index contributed by atoms with van der Waals surface area (Å²) >= 11 is 1.48. The van der Waals surface area contributed by atoms with Crippen LogP contribution in [0.4, 0.5) is 0 Å². The van der Waals surface area contributed by atoms with Gasteiger partial charge in [0, 0.05) is 5.56 Å². The van der Waals surface area contributed by atoms with E-state index in [1.165, 1.54) is 11.5 Å². The maximum absolute atomic E-state index is 8.91. The minimum Gasteiger partial charge on any atom is -0.394 e. The Morgan fingerprint density at radius 3 is 2.33 bits per heavy atom. The van der Waals surface area contributed by atoms with Gasteiger partial charge in [0.15, 0.2) is 5.82 Å². The lowest BCUT2D eigenvalue weighted by molar-refractivity contribution is 0.305. The second-order valence-electron chi connectivity index (χ2n) is 4.41. The highest BCUT2D eigenvalue weighted by molar-refractivity contribution is 7.04. The lowest BCUT2D eigenvalue weighted by Gasteiger charge is -2.05. The van der Waals surface area contributed by atoms with Crippen LogP contribution in [-0.2, 0) is 0 Å². The van der Waals surface area contributed by atoms with Crippen molar-refractivity contribution in [1.29, 1.82) is 0 Å². The summed E-state index contributed by atoms with van der Waals surface area (Å²) in [6.07, 6.45) is 0. The summed E-state index contributed by atoms with van der Waals surface area (Å²) in [5.41, 5.74) is 2.10. The number of hydrogen-bond donors (Lipinski definition) is 1. The number of hydrogen-bond acceptors (Lipinski definition) is 4. The molecule has 0 aliphatic carbocycles. The molecule has 0 aliphatic heterocycles. The fourth-order valence-corrected chi connectivity index (χ4v) is 2.90. The van der Waals surface area contributed by atoms with Crippen molar-refractivity contribution in [1.82, 2.24) is 8.94 Å². The average Bonchev–Trinajstić information content (AvgIpc) is 2.99. The first kappa shape index (κ1) is 13.7. The highest BCUT2D eigenvalue weighted by Crippen LogP contribution is 2.21. The molecule has 0 aliphatic rings. The molecule has 0 radical (unpaired) electrons. The molecule has 0 spiro atoms. The predicted octanol–water partition coefficient (Wildman–Crippen LogP) is 2.49. The minimum absolute atomic E-state index is 0.0333. The van der Waals surface area contributed by atoms with Crippen molar-refractivity contribution in [3.8, 4) is 17.1 Å². The molecule has 0 atom stereocenters. The van der Waals surface area contributed by atoms with E-state index in [4.69, 9.17) is 5.11 Å². The van der Waals surface area contributed by atoms with Gasteiger partial charge in [0.2, 0.25) is 4.80 Å². The zero-order chi connectivity index (χ0) is 14.5. The molecule has 2 aromatic carbocycles. The predicted molar refractivity (Wildman–Crippen MR) is 84.4 cm³/mol. The van der Waals surface area contributed by atoms with Gasteiger partial charge in [-0.3, -0.25) is 4.99 Å². The molecular formula is C16H15N3OS. The van der Waals surface area contributed by atoms with E-state index in [2.05, 4.69) is 13.9 Å². The smallest absolute Gasteiger partial charge is 0.223 e. The van der Waals surface area contributed by atoms with Crippen LogP contribution in [0.15, 0.2) is 65.7 Å². The van der Waals surface area contributed by atoms with Gasteiger partial charge in [-0.05, 0) is 23.7 Å². The molecule has 4 nitrogen and oxygen atoms in total. The van der Waals surface area contributed by atoms with Gasteiger partial charge in [-0.15, -0.1) is 0 Å². The van der Waals surface area contributed by atoms with Crippen molar-refractivity contribution >= 4 is 11.5 Å². The van der Waals surface area contributed by atoms with Crippen molar-refractivity contribution in [3.05, 3.63) is 65.5 Å². The molecule has 1 N–H and O–H groups in total. The maximum atomic E-state index is 8.91. The van der Waals surface area contributed by atoms with E-state index in [1.807, 2.05) is 60.7 Å². The SMILES string of the molecule is OCC/N=c1/nc(-c2ccccc2)n(-c2ccccc2)s1. The van der Waals surface area contributed by atoms with Crippen LogP contribution in [0.25, 0.3) is 17.1 Å². The third kappa shape index (κ3) is 3.09. The molecule has 0 saturated heterocycles. The van der Waals surface area contributed by atoms with Crippen molar-refractivity contribution in [2.24, 2.45) is 4.99 Å². The molecule has 1 aromatic heterocycles. The first-order valence-electron chi connectivity index (χ1n) is 6.71. The van der Waals surface area contributed by atoms with E-state index in [1.54, 1.807) is 0 Å². The minimum atomic E-state index is 0.0333. The van der Waals surface area contributed by atoms with E-state index in [9.17, 15) is 0 Å². The van der Waals surface area contributed by atoms with Crippen molar-refractivity contribution in [3.63, 3.8) is 0 Å².